The van der Waals surface area contributed by atoms with Crippen LogP contribution >= 0.6 is 11.3 Å². The summed E-state index contributed by atoms with van der Waals surface area (Å²) in [5, 5.41) is 11.2. The minimum Gasteiger partial charge on any atom is -0.476 e. The highest BCUT2D eigenvalue weighted by Gasteiger charge is 2.23. The monoisotopic (exact) mass is 262 g/mol. The van der Waals surface area contributed by atoms with Crippen LogP contribution in [0.2, 0.25) is 0 Å². The topological polar surface area (TPSA) is 55.1 Å². The molecule has 0 saturated carbocycles. The van der Waals surface area contributed by atoms with E-state index in [-0.39, 0.29) is 5.69 Å². The van der Waals surface area contributed by atoms with Gasteiger partial charge < -0.3 is 9.67 Å². The van der Waals surface area contributed by atoms with Gasteiger partial charge in [-0.1, -0.05) is 6.07 Å². The molecule has 1 aliphatic heterocycles. The Labute approximate surface area is 109 Å². The van der Waals surface area contributed by atoms with Crippen LogP contribution < -0.4 is 0 Å². The number of hydrogen-bond acceptors (Lipinski definition) is 3. The van der Waals surface area contributed by atoms with Gasteiger partial charge in [0.1, 0.15) is 5.82 Å². The van der Waals surface area contributed by atoms with Crippen molar-refractivity contribution in [3.63, 3.8) is 0 Å². The molecule has 94 valence electrons. The van der Waals surface area contributed by atoms with E-state index < -0.39 is 5.97 Å². The van der Waals surface area contributed by atoms with Gasteiger partial charge >= 0.3 is 5.97 Å². The third-order valence-electron chi connectivity index (χ3n) is 3.31. The van der Waals surface area contributed by atoms with E-state index in [9.17, 15) is 9.90 Å². The molecule has 18 heavy (non-hydrogen) atoms. The van der Waals surface area contributed by atoms with Gasteiger partial charge in [0.15, 0.2) is 5.69 Å². The Kier molecular flexibility index (Phi) is 2.91. The van der Waals surface area contributed by atoms with Crippen LogP contribution in [0.25, 0.3) is 0 Å². The molecule has 0 spiro atoms. The van der Waals surface area contributed by atoms with E-state index in [0.29, 0.717) is 0 Å². The van der Waals surface area contributed by atoms with Gasteiger partial charge in [0.05, 0.1) is 5.69 Å². The van der Waals surface area contributed by atoms with Crippen LogP contribution in [0.15, 0.2) is 17.5 Å². The first kappa shape index (κ1) is 11.5. The van der Waals surface area contributed by atoms with E-state index in [0.717, 1.165) is 43.7 Å². The Morgan fingerprint density at radius 1 is 1.50 bits per heavy atom. The van der Waals surface area contributed by atoms with E-state index in [1.165, 1.54) is 4.88 Å². The summed E-state index contributed by atoms with van der Waals surface area (Å²) in [6.07, 6.45) is 3.74. The van der Waals surface area contributed by atoms with Crippen molar-refractivity contribution in [2.75, 3.05) is 0 Å². The van der Waals surface area contributed by atoms with Crippen LogP contribution in [0, 0.1) is 0 Å². The molecule has 5 heteroatoms. The zero-order chi connectivity index (χ0) is 12.5. The fourth-order valence-electron chi connectivity index (χ4n) is 2.49. The molecule has 0 radical (unpaired) electrons. The van der Waals surface area contributed by atoms with Crippen LogP contribution in [0.5, 0.6) is 0 Å². The molecule has 0 aromatic carbocycles. The van der Waals surface area contributed by atoms with Crippen molar-refractivity contribution in [2.24, 2.45) is 0 Å². The number of rotatable bonds is 3. The second-order valence-corrected chi connectivity index (χ2v) is 5.53. The molecule has 1 aliphatic rings. The first-order valence-electron chi connectivity index (χ1n) is 6.09. The van der Waals surface area contributed by atoms with Crippen LogP contribution in [-0.4, -0.2) is 20.6 Å². The molecule has 3 heterocycles. The van der Waals surface area contributed by atoms with E-state index in [4.69, 9.17) is 0 Å². The number of carbonyl (C=O) groups is 1. The highest BCUT2D eigenvalue weighted by molar-refractivity contribution is 7.09. The maximum Gasteiger partial charge on any atom is 0.356 e. The molecular weight excluding hydrogens is 248 g/mol. The van der Waals surface area contributed by atoms with Crippen molar-refractivity contribution >= 4 is 17.3 Å². The first-order chi connectivity index (χ1) is 8.75. The molecule has 0 aliphatic carbocycles. The summed E-state index contributed by atoms with van der Waals surface area (Å²) in [6, 6.07) is 4.08. The van der Waals surface area contributed by atoms with Crippen LogP contribution in [0.1, 0.15) is 39.7 Å². The number of hydrogen-bond donors (Lipinski definition) is 1. The standard InChI is InChI=1S/C13H14N2O2S/c16-13(17)12-10-5-1-2-6-15(10)11(14-12)8-9-4-3-7-18-9/h3-4,7H,1-2,5-6,8H2,(H,16,17). The molecule has 1 N–H and O–H groups in total. The molecule has 0 atom stereocenters. The fourth-order valence-corrected chi connectivity index (χ4v) is 3.19. The number of thiophene rings is 1. The van der Waals surface area contributed by atoms with E-state index in [1.807, 2.05) is 11.4 Å². The van der Waals surface area contributed by atoms with E-state index in [2.05, 4.69) is 15.6 Å². The van der Waals surface area contributed by atoms with Gasteiger partial charge in [-0.25, -0.2) is 9.78 Å². The number of aromatic nitrogens is 2. The third kappa shape index (κ3) is 1.95. The largest absolute Gasteiger partial charge is 0.476 e. The maximum atomic E-state index is 11.2. The lowest BCUT2D eigenvalue weighted by molar-refractivity contribution is 0.0689. The SMILES string of the molecule is O=C(O)c1nc(Cc2cccs2)n2c1CCCC2. The second kappa shape index (κ2) is 4.57. The second-order valence-electron chi connectivity index (χ2n) is 4.49. The highest BCUT2D eigenvalue weighted by atomic mass is 32.1. The lowest BCUT2D eigenvalue weighted by Gasteiger charge is -2.16. The quantitative estimate of drug-likeness (QED) is 0.925. The normalized spacial score (nSPS) is 14.4. The maximum absolute atomic E-state index is 11.2. The zero-order valence-electron chi connectivity index (χ0n) is 9.93. The Balaban J connectivity index is 2.01. The summed E-state index contributed by atoms with van der Waals surface area (Å²) in [6.45, 7) is 0.899. The Bertz CT molecular complexity index is 572. The van der Waals surface area contributed by atoms with Crippen molar-refractivity contribution in [1.29, 1.82) is 0 Å². The van der Waals surface area contributed by atoms with Crippen molar-refractivity contribution in [1.82, 2.24) is 9.55 Å². The molecule has 4 nitrogen and oxygen atoms in total. The summed E-state index contributed by atoms with van der Waals surface area (Å²) < 4.78 is 2.10. The van der Waals surface area contributed by atoms with Crippen molar-refractivity contribution in [3.8, 4) is 0 Å². The average Bonchev–Trinajstić information content (AvgIpc) is 2.98. The van der Waals surface area contributed by atoms with Gasteiger partial charge in [0.25, 0.3) is 0 Å². The van der Waals surface area contributed by atoms with Gasteiger partial charge in [-0.15, -0.1) is 11.3 Å². The van der Waals surface area contributed by atoms with E-state index in [1.54, 1.807) is 11.3 Å². The Hall–Kier alpha value is -1.62. The predicted molar refractivity (Wildman–Crippen MR) is 69.2 cm³/mol. The zero-order valence-corrected chi connectivity index (χ0v) is 10.7. The summed E-state index contributed by atoms with van der Waals surface area (Å²) in [5.74, 6) is -0.0115. The van der Waals surface area contributed by atoms with Crippen molar-refractivity contribution in [3.05, 3.63) is 39.6 Å². The van der Waals surface area contributed by atoms with Crippen molar-refractivity contribution < 1.29 is 9.90 Å². The highest BCUT2D eigenvalue weighted by Crippen LogP contribution is 2.23. The molecular formula is C13H14N2O2S. The molecule has 0 unspecified atom stereocenters. The fraction of sp³-hybridized carbons (Fsp3) is 0.385. The lowest BCUT2D eigenvalue weighted by Crippen LogP contribution is -2.14. The molecule has 0 fully saturated rings. The number of carboxylic acids is 1. The molecule has 0 bridgehead atoms. The summed E-state index contributed by atoms with van der Waals surface area (Å²) in [7, 11) is 0. The minimum atomic E-state index is -0.905. The number of fused-ring (bicyclic) bond motifs is 1. The minimum absolute atomic E-state index is 0.251. The smallest absolute Gasteiger partial charge is 0.356 e. The number of nitrogens with zero attached hydrogens (tertiary/aromatic N) is 2. The summed E-state index contributed by atoms with van der Waals surface area (Å²) in [5.41, 5.74) is 1.15. The summed E-state index contributed by atoms with van der Waals surface area (Å²) in [4.78, 5) is 16.8. The van der Waals surface area contributed by atoms with Crippen LogP contribution in [0.4, 0.5) is 0 Å². The van der Waals surface area contributed by atoms with Gasteiger partial charge in [-0.3, -0.25) is 0 Å². The third-order valence-corrected chi connectivity index (χ3v) is 4.19. The molecule has 2 aromatic heterocycles. The predicted octanol–water partition coefficient (Wildman–Crippen LogP) is 2.57. The molecule has 0 amide bonds. The molecule has 2 aromatic rings. The number of carboxylic acid groups (broad SMARTS) is 1. The average molecular weight is 262 g/mol. The first-order valence-corrected chi connectivity index (χ1v) is 6.97. The lowest BCUT2D eigenvalue weighted by atomic mass is 10.1. The van der Waals surface area contributed by atoms with E-state index >= 15 is 0 Å². The number of imidazole rings is 1. The van der Waals surface area contributed by atoms with Gasteiger partial charge in [-0.2, -0.15) is 0 Å². The van der Waals surface area contributed by atoms with Crippen LogP contribution in [0.3, 0.4) is 0 Å². The summed E-state index contributed by atoms with van der Waals surface area (Å²) >= 11 is 1.69. The van der Waals surface area contributed by atoms with Gasteiger partial charge in [0.2, 0.25) is 0 Å². The molecule has 3 rings (SSSR count). The van der Waals surface area contributed by atoms with Crippen LogP contribution in [-0.2, 0) is 19.4 Å². The van der Waals surface area contributed by atoms with Gasteiger partial charge in [0, 0.05) is 17.8 Å². The molecule has 0 saturated heterocycles. The van der Waals surface area contributed by atoms with Gasteiger partial charge in [-0.05, 0) is 30.7 Å². The van der Waals surface area contributed by atoms with Crippen molar-refractivity contribution in [2.45, 2.75) is 32.2 Å². The Morgan fingerprint density at radius 2 is 2.39 bits per heavy atom. The number of aromatic carboxylic acids is 1. The Morgan fingerprint density at radius 3 is 3.11 bits per heavy atom.